The number of H-pyrrole nitrogens is 1. The number of fused-ring (bicyclic) bond motifs is 1. The SMILES string of the molecule is O=C(CN(Cc1ccccc1)C1CC1)Nc1ccc2nc(C(F)(F)F)[nH]c2c1. The van der Waals surface area contributed by atoms with Crippen LogP contribution in [0.4, 0.5) is 18.9 Å². The standard InChI is InChI=1S/C20H19F3N4O/c21-20(22,23)19-25-16-9-6-14(10-17(16)26-19)24-18(28)12-27(15-7-8-15)11-13-4-2-1-3-5-13/h1-6,9-10,15H,7-8,11-12H2,(H,24,28)(H,25,26). The molecule has 28 heavy (non-hydrogen) atoms. The molecule has 0 saturated heterocycles. The summed E-state index contributed by atoms with van der Waals surface area (Å²) in [5.74, 6) is -1.24. The van der Waals surface area contributed by atoms with Crippen molar-refractivity contribution >= 4 is 22.6 Å². The second kappa shape index (κ2) is 7.27. The van der Waals surface area contributed by atoms with Gasteiger partial charge in [-0.1, -0.05) is 30.3 Å². The van der Waals surface area contributed by atoms with Crippen LogP contribution in [0.2, 0.25) is 0 Å². The Morgan fingerprint density at radius 3 is 2.61 bits per heavy atom. The van der Waals surface area contributed by atoms with E-state index < -0.39 is 12.0 Å². The topological polar surface area (TPSA) is 61.0 Å². The largest absolute Gasteiger partial charge is 0.449 e. The van der Waals surface area contributed by atoms with Gasteiger partial charge in [0.2, 0.25) is 11.7 Å². The number of halogens is 3. The van der Waals surface area contributed by atoms with Crippen LogP contribution in [0.1, 0.15) is 24.2 Å². The summed E-state index contributed by atoms with van der Waals surface area (Å²) in [7, 11) is 0. The molecule has 1 aliphatic rings. The van der Waals surface area contributed by atoms with Crippen molar-refractivity contribution in [3.8, 4) is 0 Å². The van der Waals surface area contributed by atoms with Crippen LogP contribution in [0, 0.1) is 0 Å². The minimum atomic E-state index is -4.54. The van der Waals surface area contributed by atoms with Crippen LogP contribution in [-0.4, -0.2) is 33.4 Å². The van der Waals surface area contributed by atoms with Crippen LogP contribution in [0.25, 0.3) is 11.0 Å². The van der Waals surface area contributed by atoms with Gasteiger partial charge in [0.25, 0.3) is 0 Å². The molecule has 0 unspecified atom stereocenters. The highest BCUT2D eigenvalue weighted by Crippen LogP contribution is 2.30. The zero-order valence-corrected chi connectivity index (χ0v) is 15.0. The van der Waals surface area contributed by atoms with E-state index in [0.717, 1.165) is 18.4 Å². The van der Waals surface area contributed by atoms with Crippen LogP contribution in [0.5, 0.6) is 0 Å². The molecular weight excluding hydrogens is 369 g/mol. The van der Waals surface area contributed by atoms with Gasteiger partial charge in [-0.2, -0.15) is 13.2 Å². The molecule has 1 aromatic heterocycles. The third kappa shape index (κ3) is 4.33. The first kappa shape index (κ1) is 18.5. The molecule has 2 N–H and O–H groups in total. The summed E-state index contributed by atoms with van der Waals surface area (Å²) in [6.45, 7) is 0.918. The number of nitrogens with one attached hydrogen (secondary N) is 2. The summed E-state index contributed by atoms with van der Waals surface area (Å²) in [5, 5.41) is 2.77. The van der Waals surface area contributed by atoms with E-state index in [1.54, 1.807) is 6.07 Å². The Hall–Kier alpha value is -2.87. The third-order valence-corrected chi connectivity index (χ3v) is 4.67. The molecule has 0 aliphatic heterocycles. The van der Waals surface area contributed by atoms with Crippen molar-refractivity contribution in [3.05, 3.63) is 59.9 Å². The summed E-state index contributed by atoms with van der Waals surface area (Å²) in [5.41, 5.74) is 2.01. The molecule has 1 amide bonds. The summed E-state index contributed by atoms with van der Waals surface area (Å²) in [4.78, 5) is 20.4. The molecule has 2 aromatic carbocycles. The lowest BCUT2D eigenvalue weighted by molar-refractivity contribution is -0.144. The fourth-order valence-electron chi connectivity index (χ4n) is 3.18. The van der Waals surface area contributed by atoms with E-state index in [9.17, 15) is 18.0 Å². The number of nitrogens with zero attached hydrogens (tertiary/aromatic N) is 2. The maximum atomic E-state index is 12.8. The summed E-state index contributed by atoms with van der Waals surface area (Å²) < 4.78 is 38.3. The Balaban J connectivity index is 1.43. The van der Waals surface area contributed by atoms with Gasteiger partial charge in [0.1, 0.15) is 0 Å². The lowest BCUT2D eigenvalue weighted by atomic mass is 10.2. The molecular formula is C20H19F3N4O. The predicted molar refractivity (Wildman–Crippen MR) is 99.6 cm³/mol. The van der Waals surface area contributed by atoms with Gasteiger partial charge in [-0.25, -0.2) is 4.98 Å². The van der Waals surface area contributed by atoms with Gasteiger partial charge in [0.05, 0.1) is 17.6 Å². The van der Waals surface area contributed by atoms with Crippen molar-refractivity contribution in [1.29, 1.82) is 0 Å². The maximum absolute atomic E-state index is 12.8. The van der Waals surface area contributed by atoms with Gasteiger partial charge < -0.3 is 10.3 Å². The highest BCUT2D eigenvalue weighted by atomic mass is 19.4. The van der Waals surface area contributed by atoms with Crippen LogP contribution in [0.15, 0.2) is 48.5 Å². The molecule has 1 heterocycles. The van der Waals surface area contributed by atoms with Gasteiger partial charge in [0, 0.05) is 18.3 Å². The van der Waals surface area contributed by atoms with Crippen LogP contribution in [0.3, 0.4) is 0 Å². The number of hydrogen-bond donors (Lipinski definition) is 2. The second-order valence-electron chi connectivity index (χ2n) is 6.99. The number of benzene rings is 2. The van der Waals surface area contributed by atoms with E-state index in [2.05, 4.69) is 20.2 Å². The Morgan fingerprint density at radius 1 is 1.18 bits per heavy atom. The van der Waals surface area contributed by atoms with Crippen molar-refractivity contribution in [2.24, 2.45) is 0 Å². The van der Waals surface area contributed by atoms with Gasteiger partial charge >= 0.3 is 6.18 Å². The first-order valence-corrected chi connectivity index (χ1v) is 9.03. The molecule has 8 heteroatoms. The van der Waals surface area contributed by atoms with E-state index in [4.69, 9.17) is 0 Å². The van der Waals surface area contributed by atoms with Gasteiger partial charge in [-0.3, -0.25) is 9.69 Å². The number of imidazole rings is 1. The lowest BCUT2D eigenvalue weighted by Crippen LogP contribution is -2.34. The van der Waals surface area contributed by atoms with Crippen molar-refractivity contribution in [1.82, 2.24) is 14.9 Å². The number of hydrogen-bond acceptors (Lipinski definition) is 3. The van der Waals surface area contributed by atoms with Gasteiger partial charge in [0.15, 0.2) is 0 Å². The molecule has 146 valence electrons. The zero-order valence-electron chi connectivity index (χ0n) is 15.0. The molecule has 0 bridgehead atoms. The summed E-state index contributed by atoms with van der Waals surface area (Å²) in [6, 6.07) is 14.8. The fraction of sp³-hybridized carbons (Fsp3) is 0.300. The van der Waals surface area contributed by atoms with Gasteiger partial charge in [-0.05, 0) is 36.6 Å². The molecule has 5 nitrogen and oxygen atoms in total. The van der Waals surface area contributed by atoms with Crippen LogP contribution < -0.4 is 5.32 Å². The average molecular weight is 388 g/mol. The van der Waals surface area contributed by atoms with Crippen LogP contribution in [-0.2, 0) is 17.5 Å². The molecule has 4 rings (SSSR count). The fourth-order valence-corrected chi connectivity index (χ4v) is 3.18. The van der Waals surface area contributed by atoms with E-state index in [0.29, 0.717) is 18.3 Å². The smallest absolute Gasteiger partial charge is 0.334 e. The quantitative estimate of drug-likeness (QED) is 0.666. The molecule has 1 aliphatic carbocycles. The lowest BCUT2D eigenvalue weighted by Gasteiger charge is -2.21. The molecule has 0 radical (unpaired) electrons. The van der Waals surface area contributed by atoms with Gasteiger partial charge in [-0.15, -0.1) is 0 Å². The molecule has 0 atom stereocenters. The first-order chi connectivity index (χ1) is 13.4. The molecule has 1 fully saturated rings. The number of carbonyl (C=O) groups excluding carboxylic acids is 1. The molecule has 0 spiro atoms. The Morgan fingerprint density at radius 2 is 1.93 bits per heavy atom. The number of aromatic nitrogens is 2. The maximum Gasteiger partial charge on any atom is 0.449 e. The highest BCUT2D eigenvalue weighted by Gasteiger charge is 2.34. The number of rotatable bonds is 6. The third-order valence-electron chi connectivity index (χ3n) is 4.67. The van der Waals surface area contributed by atoms with E-state index >= 15 is 0 Å². The number of alkyl halides is 3. The van der Waals surface area contributed by atoms with Crippen molar-refractivity contribution in [2.75, 3.05) is 11.9 Å². The number of anilines is 1. The predicted octanol–water partition coefficient (Wildman–Crippen LogP) is 4.18. The summed E-state index contributed by atoms with van der Waals surface area (Å²) in [6.07, 6.45) is -2.40. The first-order valence-electron chi connectivity index (χ1n) is 9.03. The summed E-state index contributed by atoms with van der Waals surface area (Å²) >= 11 is 0. The molecule has 1 saturated carbocycles. The normalized spacial score (nSPS) is 14.6. The monoisotopic (exact) mass is 388 g/mol. The van der Waals surface area contributed by atoms with E-state index in [-0.39, 0.29) is 23.5 Å². The van der Waals surface area contributed by atoms with Crippen LogP contribution >= 0.6 is 0 Å². The number of aromatic amines is 1. The average Bonchev–Trinajstić information content (AvgIpc) is 3.40. The Kier molecular flexibility index (Phi) is 4.80. The number of carbonyl (C=O) groups is 1. The zero-order chi connectivity index (χ0) is 19.7. The van der Waals surface area contributed by atoms with E-state index in [1.165, 1.54) is 12.1 Å². The minimum Gasteiger partial charge on any atom is -0.334 e. The minimum absolute atomic E-state index is 0.197. The second-order valence-corrected chi connectivity index (χ2v) is 6.99. The Bertz CT molecular complexity index is 980. The van der Waals surface area contributed by atoms with Crippen molar-refractivity contribution in [2.45, 2.75) is 31.6 Å². The Labute approximate surface area is 159 Å². The van der Waals surface area contributed by atoms with Crippen molar-refractivity contribution < 1.29 is 18.0 Å². The van der Waals surface area contributed by atoms with E-state index in [1.807, 2.05) is 30.3 Å². The molecule has 3 aromatic rings. The van der Waals surface area contributed by atoms with Crippen molar-refractivity contribution in [3.63, 3.8) is 0 Å². The highest BCUT2D eigenvalue weighted by molar-refractivity contribution is 5.94. The number of amides is 1.